The number of hydrogen-bond acceptors (Lipinski definition) is 3. The van der Waals surface area contributed by atoms with Crippen LogP contribution in [0.2, 0.25) is 10.0 Å². The van der Waals surface area contributed by atoms with Crippen molar-refractivity contribution in [1.82, 2.24) is 15.1 Å². The Kier molecular flexibility index (Phi) is 5.29. The first-order valence-corrected chi connectivity index (χ1v) is 7.15. The minimum absolute atomic E-state index is 0.376. The van der Waals surface area contributed by atoms with Crippen molar-refractivity contribution in [2.24, 2.45) is 7.05 Å². The van der Waals surface area contributed by atoms with Gasteiger partial charge in [0.25, 0.3) is 0 Å². The Bertz CT molecular complexity index is 584. The lowest BCUT2D eigenvalue weighted by Gasteiger charge is -2.13. The van der Waals surface area contributed by atoms with E-state index in [0.717, 1.165) is 17.8 Å². The Morgan fingerprint density at radius 1 is 1.35 bits per heavy atom. The predicted molar refractivity (Wildman–Crippen MR) is 81.4 cm³/mol. The molecule has 2 aromatic rings. The van der Waals surface area contributed by atoms with Crippen LogP contribution in [0, 0.1) is 0 Å². The third-order valence-corrected chi connectivity index (χ3v) is 3.28. The van der Waals surface area contributed by atoms with Crippen LogP contribution in [0.15, 0.2) is 24.4 Å². The van der Waals surface area contributed by atoms with Gasteiger partial charge in [0.2, 0.25) is 0 Å². The van der Waals surface area contributed by atoms with E-state index < -0.39 is 0 Å². The van der Waals surface area contributed by atoms with Gasteiger partial charge in [0.05, 0.1) is 10.7 Å². The van der Waals surface area contributed by atoms with Gasteiger partial charge in [0, 0.05) is 30.4 Å². The van der Waals surface area contributed by atoms with Crippen molar-refractivity contribution in [3.63, 3.8) is 0 Å². The summed E-state index contributed by atoms with van der Waals surface area (Å²) in [4.78, 5) is 0. The lowest BCUT2D eigenvalue weighted by atomic mass is 10.2. The Balaban J connectivity index is 2.16. The highest BCUT2D eigenvalue weighted by atomic mass is 35.5. The van der Waals surface area contributed by atoms with E-state index in [1.165, 1.54) is 0 Å². The summed E-state index contributed by atoms with van der Waals surface area (Å²) in [5.74, 6) is 0.655. The fourth-order valence-corrected chi connectivity index (χ4v) is 2.44. The molecule has 0 amide bonds. The molecule has 0 bridgehead atoms. The van der Waals surface area contributed by atoms with E-state index in [9.17, 15) is 0 Å². The van der Waals surface area contributed by atoms with Crippen LogP contribution in [-0.4, -0.2) is 16.3 Å². The average molecular weight is 314 g/mol. The zero-order chi connectivity index (χ0) is 14.5. The molecular weight excluding hydrogens is 297 g/mol. The maximum Gasteiger partial charge on any atom is 0.143 e. The van der Waals surface area contributed by atoms with Crippen LogP contribution < -0.4 is 10.1 Å². The number of ether oxygens (including phenoxy) is 1. The van der Waals surface area contributed by atoms with Gasteiger partial charge in [-0.2, -0.15) is 5.10 Å². The third-order valence-electron chi connectivity index (χ3n) is 2.78. The summed E-state index contributed by atoms with van der Waals surface area (Å²) in [6, 6.07) is 5.46. The number of aryl methyl sites for hydroxylation is 1. The molecule has 0 radical (unpaired) electrons. The van der Waals surface area contributed by atoms with Gasteiger partial charge in [0.15, 0.2) is 0 Å². The molecule has 0 fully saturated rings. The van der Waals surface area contributed by atoms with E-state index in [1.807, 2.05) is 32.3 Å². The van der Waals surface area contributed by atoms with Gasteiger partial charge in [-0.25, -0.2) is 0 Å². The number of hydrogen-bond donors (Lipinski definition) is 1. The van der Waals surface area contributed by atoms with E-state index in [2.05, 4.69) is 10.4 Å². The van der Waals surface area contributed by atoms with Gasteiger partial charge >= 0.3 is 0 Å². The molecule has 2 rings (SSSR count). The Morgan fingerprint density at radius 3 is 2.80 bits per heavy atom. The number of benzene rings is 1. The topological polar surface area (TPSA) is 39.1 Å². The maximum atomic E-state index is 6.22. The summed E-state index contributed by atoms with van der Waals surface area (Å²) < 4.78 is 7.55. The fourth-order valence-electron chi connectivity index (χ4n) is 1.85. The summed E-state index contributed by atoms with van der Waals surface area (Å²) >= 11 is 12.3. The molecule has 1 heterocycles. The van der Waals surface area contributed by atoms with E-state index in [4.69, 9.17) is 27.9 Å². The monoisotopic (exact) mass is 313 g/mol. The first kappa shape index (κ1) is 15.2. The summed E-state index contributed by atoms with van der Waals surface area (Å²) in [5, 5.41) is 8.64. The van der Waals surface area contributed by atoms with Crippen LogP contribution in [-0.2, 0) is 20.2 Å². The van der Waals surface area contributed by atoms with Gasteiger partial charge in [-0.15, -0.1) is 0 Å². The van der Waals surface area contributed by atoms with Gasteiger partial charge in [0.1, 0.15) is 12.4 Å². The second kappa shape index (κ2) is 6.97. The van der Waals surface area contributed by atoms with Crippen molar-refractivity contribution in [2.45, 2.75) is 20.1 Å². The first-order valence-electron chi connectivity index (χ1n) is 6.40. The SMILES string of the molecule is CCNCc1cc(Cl)cc(Cl)c1OCc1ccn(C)n1. The number of halogens is 2. The molecule has 0 saturated carbocycles. The molecular formula is C14H17Cl2N3O. The molecule has 0 atom stereocenters. The van der Waals surface area contributed by atoms with Crippen molar-refractivity contribution in [3.05, 3.63) is 45.7 Å². The minimum atomic E-state index is 0.376. The van der Waals surface area contributed by atoms with E-state index in [-0.39, 0.29) is 0 Å². The molecule has 0 unspecified atom stereocenters. The number of aromatic nitrogens is 2. The quantitative estimate of drug-likeness (QED) is 0.888. The minimum Gasteiger partial charge on any atom is -0.485 e. The molecule has 1 aromatic carbocycles. The molecule has 0 aliphatic heterocycles. The highest BCUT2D eigenvalue weighted by Crippen LogP contribution is 2.33. The van der Waals surface area contributed by atoms with E-state index in [0.29, 0.717) is 28.9 Å². The van der Waals surface area contributed by atoms with Crippen LogP contribution in [0.4, 0.5) is 0 Å². The van der Waals surface area contributed by atoms with Crippen LogP contribution in [0.1, 0.15) is 18.2 Å². The molecule has 6 heteroatoms. The van der Waals surface area contributed by atoms with Crippen molar-refractivity contribution in [2.75, 3.05) is 6.54 Å². The van der Waals surface area contributed by atoms with Crippen molar-refractivity contribution < 1.29 is 4.74 Å². The summed E-state index contributed by atoms with van der Waals surface area (Å²) in [6.07, 6.45) is 1.88. The molecule has 0 spiro atoms. The third kappa shape index (κ3) is 3.88. The summed E-state index contributed by atoms with van der Waals surface area (Å²) in [6.45, 7) is 3.94. The molecule has 20 heavy (non-hydrogen) atoms. The van der Waals surface area contributed by atoms with Crippen molar-refractivity contribution in [3.8, 4) is 5.75 Å². The highest BCUT2D eigenvalue weighted by Gasteiger charge is 2.11. The average Bonchev–Trinajstić information content (AvgIpc) is 2.80. The Labute approximate surface area is 128 Å². The molecule has 0 saturated heterocycles. The largest absolute Gasteiger partial charge is 0.485 e. The van der Waals surface area contributed by atoms with Crippen LogP contribution in [0.5, 0.6) is 5.75 Å². The number of nitrogens with one attached hydrogen (secondary N) is 1. The summed E-state index contributed by atoms with van der Waals surface area (Å²) in [5.41, 5.74) is 1.80. The normalized spacial score (nSPS) is 10.8. The first-order chi connectivity index (χ1) is 9.60. The van der Waals surface area contributed by atoms with E-state index >= 15 is 0 Å². The lowest BCUT2D eigenvalue weighted by molar-refractivity contribution is 0.296. The van der Waals surface area contributed by atoms with Gasteiger partial charge in [-0.05, 0) is 24.7 Å². The molecule has 0 aliphatic carbocycles. The smallest absolute Gasteiger partial charge is 0.143 e. The highest BCUT2D eigenvalue weighted by molar-refractivity contribution is 6.35. The van der Waals surface area contributed by atoms with Crippen LogP contribution >= 0.6 is 23.2 Å². The maximum absolute atomic E-state index is 6.22. The Hall–Kier alpha value is -1.23. The lowest BCUT2D eigenvalue weighted by Crippen LogP contribution is -2.13. The molecule has 108 valence electrons. The second-order valence-electron chi connectivity index (χ2n) is 4.43. The Morgan fingerprint density at radius 2 is 2.15 bits per heavy atom. The number of nitrogens with zero attached hydrogens (tertiary/aromatic N) is 2. The second-order valence-corrected chi connectivity index (χ2v) is 5.27. The van der Waals surface area contributed by atoms with Crippen molar-refractivity contribution in [1.29, 1.82) is 0 Å². The van der Waals surface area contributed by atoms with Crippen LogP contribution in [0.3, 0.4) is 0 Å². The zero-order valence-electron chi connectivity index (χ0n) is 11.5. The van der Waals surface area contributed by atoms with Gasteiger partial charge in [-0.1, -0.05) is 30.1 Å². The summed E-state index contributed by atoms with van der Waals surface area (Å²) in [7, 11) is 1.87. The van der Waals surface area contributed by atoms with Crippen LogP contribution in [0.25, 0.3) is 0 Å². The molecule has 1 N–H and O–H groups in total. The van der Waals surface area contributed by atoms with Gasteiger partial charge < -0.3 is 10.1 Å². The fraction of sp³-hybridized carbons (Fsp3) is 0.357. The molecule has 0 aliphatic rings. The molecule has 1 aromatic heterocycles. The number of rotatable bonds is 6. The van der Waals surface area contributed by atoms with Crippen molar-refractivity contribution >= 4 is 23.2 Å². The van der Waals surface area contributed by atoms with E-state index in [1.54, 1.807) is 10.7 Å². The molecule has 4 nitrogen and oxygen atoms in total. The predicted octanol–water partition coefficient (Wildman–Crippen LogP) is 3.42. The zero-order valence-corrected chi connectivity index (χ0v) is 13.0. The van der Waals surface area contributed by atoms with Gasteiger partial charge in [-0.3, -0.25) is 4.68 Å². The standard InChI is InChI=1S/C14H17Cl2N3O/c1-3-17-8-10-6-11(15)7-13(16)14(10)20-9-12-4-5-19(2)18-12/h4-7,17H,3,8-9H2,1-2H3.